The molecule has 2 aromatic rings. The Morgan fingerprint density at radius 1 is 1.00 bits per heavy atom. The van der Waals surface area contributed by atoms with Gasteiger partial charge >= 0.3 is 0 Å². The summed E-state index contributed by atoms with van der Waals surface area (Å²) in [6, 6.07) is 8.83. The second-order valence-corrected chi connectivity index (χ2v) is 6.29. The van der Waals surface area contributed by atoms with Crippen LogP contribution in [0.5, 0.6) is 11.5 Å². The highest BCUT2D eigenvalue weighted by Crippen LogP contribution is 2.38. The van der Waals surface area contributed by atoms with Crippen LogP contribution in [-0.2, 0) is 6.54 Å². The molecule has 1 aliphatic rings. The van der Waals surface area contributed by atoms with Crippen LogP contribution < -0.4 is 14.8 Å². The van der Waals surface area contributed by atoms with Crippen LogP contribution in [0.3, 0.4) is 0 Å². The highest BCUT2D eigenvalue weighted by molar-refractivity contribution is 9.10. The van der Waals surface area contributed by atoms with Crippen molar-refractivity contribution in [2.45, 2.75) is 6.54 Å². The number of ether oxygens (including phenoxy) is 2. The van der Waals surface area contributed by atoms with Crippen LogP contribution >= 0.6 is 31.9 Å². The minimum atomic E-state index is -0.268. The molecule has 0 radical (unpaired) electrons. The molecule has 6 heteroatoms. The van der Waals surface area contributed by atoms with E-state index in [2.05, 4.69) is 37.2 Å². The van der Waals surface area contributed by atoms with Crippen molar-refractivity contribution in [1.82, 2.24) is 0 Å². The van der Waals surface area contributed by atoms with Crippen LogP contribution in [0, 0.1) is 5.82 Å². The summed E-state index contributed by atoms with van der Waals surface area (Å²) in [6.45, 7) is 1.62. The van der Waals surface area contributed by atoms with Gasteiger partial charge in [-0.05, 0) is 49.6 Å². The lowest BCUT2D eigenvalue weighted by Gasteiger charge is -2.20. The molecule has 1 heterocycles. The second kappa shape index (κ2) is 6.23. The number of benzene rings is 2. The lowest BCUT2D eigenvalue weighted by Crippen LogP contribution is -2.15. The van der Waals surface area contributed by atoms with Gasteiger partial charge in [-0.1, -0.05) is 6.07 Å². The molecule has 0 saturated heterocycles. The smallest absolute Gasteiger partial charge is 0.163 e. The molecular weight excluding hydrogens is 405 g/mol. The van der Waals surface area contributed by atoms with Gasteiger partial charge in [-0.25, -0.2) is 4.39 Å². The van der Waals surface area contributed by atoms with E-state index in [9.17, 15) is 4.39 Å². The summed E-state index contributed by atoms with van der Waals surface area (Å²) in [4.78, 5) is 0. The zero-order chi connectivity index (χ0) is 14.8. The Morgan fingerprint density at radius 3 is 2.43 bits per heavy atom. The third kappa shape index (κ3) is 3.32. The van der Waals surface area contributed by atoms with Gasteiger partial charge in [0, 0.05) is 23.2 Å². The molecule has 0 spiro atoms. The van der Waals surface area contributed by atoms with Gasteiger partial charge in [-0.3, -0.25) is 0 Å². The van der Waals surface area contributed by atoms with Gasteiger partial charge in [0.1, 0.15) is 19.0 Å². The normalized spacial score (nSPS) is 13.1. The number of halogens is 3. The number of hydrogen-bond acceptors (Lipinski definition) is 3. The van der Waals surface area contributed by atoms with Crippen molar-refractivity contribution in [1.29, 1.82) is 0 Å². The van der Waals surface area contributed by atoms with E-state index in [0.29, 0.717) is 30.0 Å². The van der Waals surface area contributed by atoms with E-state index in [1.54, 1.807) is 6.07 Å². The van der Waals surface area contributed by atoms with Crippen LogP contribution in [0.4, 0.5) is 10.1 Å². The van der Waals surface area contributed by atoms with Gasteiger partial charge in [0.25, 0.3) is 0 Å². The zero-order valence-electron chi connectivity index (χ0n) is 11.0. The minimum Gasteiger partial charge on any atom is -0.486 e. The van der Waals surface area contributed by atoms with E-state index in [1.165, 1.54) is 6.07 Å². The molecule has 0 aromatic heterocycles. The average molecular weight is 417 g/mol. The molecule has 1 N–H and O–H groups in total. The Kier molecular flexibility index (Phi) is 4.35. The maximum atomic E-state index is 13.5. The second-order valence-electron chi connectivity index (χ2n) is 4.58. The van der Waals surface area contributed by atoms with Crippen LogP contribution in [0.2, 0.25) is 0 Å². The van der Waals surface area contributed by atoms with Gasteiger partial charge in [0.15, 0.2) is 11.5 Å². The number of hydrogen-bond donors (Lipinski definition) is 1. The fraction of sp³-hybridized carbons (Fsp3) is 0.200. The Hall–Kier alpha value is -1.27. The molecule has 3 nitrogen and oxygen atoms in total. The number of rotatable bonds is 3. The fourth-order valence-corrected chi connectivity index (χ4v) is 2.76. The first kappa shape index (κ1) is 14.7. The Labute approximate surface area is 138 Å². The minimum absolute atomic E-state index is 0.268. The number of fused-ring (bicyclic) bond motifs is 1. The Bertz CT molecular complexity index is 679. The zero-order valence-corrected chi connectivity index (χ0v) is 14.1. The summed E-state index contributed by atoms with van der Waals surface area (Å²) in [6.07, 6.45) is 0. The summed E-state index contributed by atoms with van der Waals surface area (Å²) < 4.78 is 25.9. The van der Waals surface area contributed by atoms with E-state index in [4.69, 9.17) is 9.47 Å². The van der Waals surface area contributed by atoms with Crippen molar-refractivity contribution in [2.75, 3.05) is 18.5 Å². The van der Waals surface area contributed by atoms with Crippen molar-refractivity contribution < 1.29 is 13.9 Å². The maximum absolute atomic E-state index is 13.5. The van der Waals surface area contributed by atoms with Gasteiger partial charge in [0.05, 0.1) is 10.2 Å². The lowest BCUT2D eigenvalue weighted by atomic mass is 10.2. The molecule has 3 rings (SSSR count). The van der Waals surface area contributed by atoms with E-state index in [0.717, 1.165) is 21.5 Å². The molecule has 0 aliphatic carbocycles. The predicted molar refractivity (Wildman–Crippen MR) is 86.6 cm³/mol. The van der Waals surface area contributed by atoms with Crippen molar-refractivity contribution >= 4 is 37.5 Å². The largest absolute Gasteiger partial charge is 0.486 e. The highest BCUT2D eigenvalue weighted by atomic mass is 79.9. The molecule has 0 amide bonds. The molecule has 0 unspecified atom stereocenters. The van der Waals surface area contributed by atoms with Crippen molar-refractivity contribution in [3.05, 3.63) is 50.7 Å². The monoisotopic (exact) mass is 415 g/mol. The van der Waals surface area contributed by atoms with Gasteiger partial charge < -0.3 is 14.8 Å². The molecule has 0 bridgehead atoms. The summed E-state index contributed by atoms with van der Waals surface area (Å²) in [5.74, 6) is 1.18. The molecule has 110 valence electrons. The standard InChI is InChI=1S/C15H12Br2FNO2/c16-10-2-1-9(5-12(10)18)8-19-13-7-15-14(6-11(13)17)20-3-4-21-15/h1-2,5-7,19H,3-4,8H2. The summed E-state index contributed by atoms with van der Waals surface area (Å²) >= 11 is 6.64. The van der Waals surface area contributed by atoms with Crippen LogP contribution in [0.1, 0.15) is 5.56 Å². The summed E-state index contributed by atoms with van der Waals surface area (Å²) in [7, 11) is 0. The van der Waals surface area contributed by atoms with Crippen molar-refractivity contribution in [2.24, 2.45) is 0 Å². The van der Waals surface area contributed by atoms with Gasteiger partial charge in [-0.15, -0.1) is 0 Å². The quantitative estimate of drug-likeness (QED) is 0.784. The molecule has 0 saturated carbocycles. The number of anilines is 1. The predicted octanol–water partition coefficient (Wildman–Crippen LogP) is 4.73. The SMILES string of the molecule is Fc1cc(CNc2cc3c(cc2Br)OCCO3)ccc1Br. The Morgan fingerprint density at radius 2 is 1.71 bits per heavy atom. The fourth-order valence-electron chi connectivity index (χ4n) is 2.05. The molecule has 21 heavy (non-hydrogen) atoms. The Balaban J connectivity index is 1.77. The van der Waals surface area contributed by atoms with Crippen LogP contribution in [-0.4, -0.2) is 13.2 Å². The highest BCUT2D eigenvalue weighted by Gasteiger charge is 2.14. The number of nitrogens with one attached hydrogen (secondary N) is 1. The van der Waals surface area contributed by atoms with Crippen molar-refractivity contribution in [3.63, 3.8) is 0 Å². The van der Waals surface area contributed by atoms with E-state index in [1.807, 2.05) is 18.2 Å². The molecule has 0 fully saturated rings. The van der Waals surface area contributed by atoms with E-state index in [-0.39, 0.29) is 5.82 Å². The average Bonchev–Trinajstić information content (AvgIpc) is 2.48. The van der Waals surface area contributed by atoms with Crippen molar-refractivity contribution in [3.8, 4) is 11.5 Å². The third-order valence-electron chi connectivity index (χ3n) is 3.10. The first-order valence-electron chi connectivity index (χ1n) is 6.40. The van der Waals surface area contributed by atoms with Gasteiger partial charge in [-0.2, -0.15) is 0 Å². The first-order chi connectivity index (χ1) is 10.1. The summed E-state index contributed by atoms with van der Waals surface area (Å²) in [5.41, 5.74) is 1.74. The van der Waals surface area contributed by atoms with E-state index < -0.39 is 0 Å². The lowest BCUT2D eigenvalue weighted by molar-refractivity contribution is 0.171. The molecule has 1 aliphatic heterocycles. The van der Waals surface area contributed by atoms with Crippen LogP contribution in [0.25, 0.3) is 0 Å². The summed E-state index contributed by atoms with van der Waals surface area (Å²) in [5, 5.41) is 3.26. The topological polar surface area (TPSA) is 30.5 Å². The van der Waals surface area contributed by atoms with E-state index >= 15 is 0 Å². The first-order valence-corrected chi connectivity index (χ1v) is 7.99. The third-order valence-corrected chi connectivity index (χ3v) is 4.40. The maximum Gasteiger partial charge on any atom is 0.163 e. The molecule has 0 atom stereocenters. The van der Waals surface area contributed by atoms with Crippen LogP contribution in [0.15, 0.2) is 39.3 Å². The molecule has 2 aromatic carbocycles. The van der Waals surface area contributed by atoms with Gasteiger partial charge in [0.2, 0.25) is 0 Å². The molecular formula is C15H12Br2FNO2.